The molecule has 0 saturated heterocycles. The highest BCUT2D eigenvalue weighted by Crippen LogP contribution is 2.37. The molecular formula is C19H15ClN2O4. The van der Waals surface area contributed by atoms with Gasteiger partial charge in [0.25, 0.3) is 5.91 Å². The maximum absolute atomic E-state index is 13.1. The van der Waals surface area contributed by atoms with Crippen molar-refractivity contribution in [3.8, 4) is 0 Å². The van der Waals surface area contributed by atoms with E-state index in [1.54, 1.807) is 42.6 Å². The first-order valence-electron chi connectivity index (χ1n) is 8.21. The van der Waals surface area contributed by atoms with Gasteiger partial charge in [0.05, 0.1) is 16.6 Å². The molecule has 1 aromatic carbocycles. The Morgan fingerprint density at radius 2 is 2.08 bits per heavy atom. The summed E-state index contributed by atoms with van der Waals surface area (Å²) < 4.78 is 5.77. The molecule has 0 spiro atoms. The van der Waals surface area contributed by atoms with E-state index in [2.05, 4.69) is 4.98 Å². The Hall–Kier alpha value is -2.70. The van der Waals surface area contributed by atoms with Crippen LogP contribution < -0.4 is 5.43 Å². The number of aliphatic hydroxyl groups excluding tert-OH is 1. The Morgan fingerprint density at radius 3 is 2.81 bits per heavy atom. The predicted molar refractivity (Wildman–Crippen MR) is 96.3 cm³/mol. The molecule has 1 aliphatic heterocycles. The molecule has 2 aromatic heterocycles. The lowest BCUT2D eigenvalue weighted by Gasteiger charge is -2.23. The number of hydrogen-bond donors (Lipinski definition) is 1. The first kappa shape index (κ1) is 16.8. The number of carbonyl (C=O) groups excluding carboxylic acids is 1. The fraction of sp³-hybridized carbons (Fsp3) is 0.211. The molecule has 0 saturated carbocycles. The second-order valence-corrected chi connectivity index (χ2v) is 6.48. The van der Waals surface area contributed by atoms with Gasteiger partial charge in [0, 0.05) is 24.4 Å². The third-order valence-electron chi connectivity index (χ3n) is 4.45. The number of benzene rings is 1. The van der Waals surface area contributed by atoms with Crippen LogP contribution in [-0.4, -0.2) is 34.0 Å². The second kappa shape index (κ2) is 6.55. The number of amides is 1. The van der Waals surface area contributed by atoms with Crippen molar-refractivity contribution in [1.82, 2.24) is 9.88 Å². The van der Waals surface area contributed by atoms with Gasteiger partial charge in [-0.25, -0.2) is 0 Å². The van der Waals surface area contributed by atoms with Gasteiger partial charge in [-0.2, -0.15) is 0 Å². The number of hydrogen-bond acceptors (Lipinski definition) is 5. The summed E-state index contributed by atoms with van der Waals surface area (Å²) in [5.41, 5.74) is 0.863. The highest BCUT2D eigenvalue weighted by atomic mass is 35.5. The standard InChI is InChI=1S/C19H15ClN2O4/c20-11-5-6-14-12(10-11)17(24)15-16(13-4-1-2-7-21-13)22(8-3-9-23)19(25)18(15)26-14/h1-2,4-7,10,16,23H,3,8-9H2. The summed E-state index contributed by atoms with van der Waals surface area (Å²) >= 11 is 6.02. The Balaban J connectivity index is 1.98. The quantitative estimate of drug-likeness (QED) is 0.763. The summed E-state index contributed by atoms with van der Waals surface area (Å²) in [5.74, 6) is -0.350. The zero-order valence-electron chi connectivity index (χ0n) is 13.7. The lowest BCUT2D eigenvalue weighted by atomic mass is 10.0. The van der Waals surface area contributed by atoms with Gasteiger partial charge in [0.2, 0.25) is 5.76 Å². The summed E-state index contributed by atoms with van der Waals surface area (Å²) in [6.45, 7) is 0.228. The lowest BCUT2D eigenvalue weighted by molar-refractivity contribution is 0.0714. The third kappa shape index (κ3) is 2.58. The van der Waals surface area contributed by atoms with Gasteiger partial charge in [0.1, 0.15) is 11.6 Å². The molecular weight excluding hydrogens is 356 g/mol. The van der Waals surface area contributed by atoms with E-state index in [4.69, 9.17) is 16.0 Å². The van der Waals surface area contributed by atoms with E-state index in [9.17, 15) is 14.7 Å². The summed E-state index contributed by atoms with van der Waals surface area (Å²) in [6, 6.07) is 9.41. The van der Waals surface area contributed by atoms with E-state index in [1.165, 1.54) is 4.90 Å². The Kier molecular flexibility index (Phi) is 4.22. The Morgan fingerprint density at radius 1 is 1.23 bits per heavy atom. The number of rotatable bonds is 4. The topological polar surface area (TPSA) is 83.6 Å². The van der Waals surface area contributed by atoms with Crippen LogP contribution in [0.2, 0.25) is 5.02 Å². The molecule has 4 rings (SSSR count). The van der Waals surface area contributed by atoms with E-state index in [1.807, 2.05) is 0 Å². The van der Waals surface area contributed by atoms with Gasteiger partial charge in [-0.3, -0.25) is 14.6 Å². The predicted octanol–water partition coefficient (Wildman–Crippen LogP) is 2.77. The van der Waals surface area contributed by atoms with E-state index < -0.39 is 6.04 Å². The minimum absolute atomic E-state index is 0.0263. The van der Waals surface area contributed by atoms with Gasteiger partial charge >= 0.3 is 0 Å². The van der Waals surface area contributed by atoms with E-state index in [0.29, 0.717) is 28.1 Å². The maximum atomic E-state index is 13.1. The van der Waals surface area contributed by atoms with E-state index in [-0.39, 0.29) is 35.8 Å². The van der Waals surface area contributed by atoms with E-state index >= 15 is 0 Å². The SMILES string of the molecule is O=C1c2oc3ccc(Cl)cc3c(=O)c2C(c2ccccn2)N1CCCO. The molecule has 1 aliphatic rings. The van der Waals surface area contributed by atoms with Crippen LogP contribution >= 0.6 is 11.6 Å². The molecule has 0 radical (unpaired) electrons. The van der Waals surface area contributed by atoms with Crippen LogP contribution in [0, 0.1) is 0 Å². The fourth-order valence-corrected chi connectivity index (χ4v) is 3.48. The van der Waals surface area contributed by atoms with Gasteiger partial charge < -0.3 is 14.4 Å². The third-order valence-corrected chi connectivity index (χ3v) is 4.69. The molecule has 0 bridgehead atoms. The Labute approximate surface area is 153 Å². The van der Waals surface area contributed by atoms with Crippen molar-refractivity contribution in [2.24, 2.45) is 0 Å². The molecule has 132 valence electrons. The summed E-state index contributed by atoms with van der Waals surface area (Å²) in [7, 11) is 0. The summed E-state index contributed by atoms with van der Waals surface area (Å²) in [4.78, 5) is 31.9. The molecule has 3 aromatic rings. The average molecular weight is 371 g/mol. The zero-order valence-corrected chi connectivity index (χ0v) is 14.4. The van der Waals surface area contributed by atoms with Gasteiger partial charge in [-0.1, -0.05) is 17.7 Å². The molecule has 1 atom stereocenters. The molecule has 1 unspecified atom stereocenters. The average Bonchev–Trinajstić information content (AvgIpc) is 2.94. The van der Waals surface area contributed by atoms with Crippen LogP contribution in [0.4, 0.5) is 0 Å². The smallest absolute Gasteiger partial charge is 0.290 e. The first-order chi connectivity index (χ1) is 12.6. The molecule has 26 heavy (non-hydrogen) atoms. The lowest BCUT2D eigenvalue weighted by Crippen LogP contribution is -2.31. The normalized spacial score (nSPS) is 16.3. The number of halogens is 1. The molecule has 0 aliphatic carbocycles. The Bertz CT molecular complexity index is 1050. The second-order valence-electron chi connectivity index (χ2n) is 6.05. The van der Waals surface area contributed by atoms with Crippen LogP contribution in [0.25, 0.3) is 11.0 Å². The van der Waals surface area contributed by atoms with Gasteiger partial charge in [-0.05, 0) is 36.8 Å². The number of aromatic nitrogens is 1. The van der Waals surface area contributed by atoms with E-state index in [0.717, 1.165) is 0 Å². The van der Waals surface area contributed by atoms with Crippen molar-refractivity contribution in [3.05, 3.63) is 74.9 Å². The van der Waals surface area contributed by atoms with Crippen LogP contribution in [0.5, 0.6) is 0 Å². The molecule has 7 heteroatoms. The maximum Gasteiger partial charge on any atom is 0.290 e. The minimum Gasteiger partial charge on any atom is -0.450 e. The highest BCUT2D eigenvalue weighted by molar-refractivity contribution is 6.31. The number of carbonyl (C=O) groups is 1. The van der Waals surface area contributed by atoms with Gasteiger partial charge in [0.15, 0.2) is 5.43 Å². The monoisotopic (exact) mass is 370 g/mol. The van der Waals surface area contributed by atoms with Gasteiger partial charge in [-0.15, -0.1) is 0 Å². The largest absolute Gasteiger partial charge is 0.450 e. The van der Waals surface area contributed by atoms with Crippen molar-refractivity contribution < 1.29 is 14.3 Å². The molecule has 0 fully saturated rings. The van der Waals surface area contributed by atoms with Crippen LogP contribution in [0.3, 0.4) is 0 Å². The first-order valence-corrected chi connectivity index (χ1v) is 8.58. The molecule has 1 amide bonds. The number of aliphatic hydroxyl groups is 1. The minimum atomic E-state index is -0.648. The van der Waals surface area contributed by atoms with Crippen LogP contribution in [0.15, 0.2) is 51.8 Å². The van der Waals surface area contributed by atoms with Crippen LogP contribution in [-0.2, 0) is 0 Å². The highest BCUT2D eigenvalue weighted by Gasteiger charge is 2.43. The van der Waals surface area contributed by atoms with Crippen molar-refractivity contribution in [2.45, 2.75) is 12.5 Å². The van der Waals surface area contributed by atoms with Crippen LogP contribution in [0.1, 0.15) is 34.3 Å². The number of fused-ring (bicyclic) bond motifs is 2. The number of pyridine rings is 1. The van der Waals surface area contributed by atoms with Crippen molar-refractivity contribution in [3.63, 3.8) is 0 Å². The number of nitrogens with zero attached hydrogens (tertiary/aromatic N) is 2. The molecule has 6 nitrogen and oxygen atoms in total. The fourth-order valence-electron chi connectivity index (χ4n) is 3.31. The van der Waals surface area contributed by atoms with Crippen molar-refractivity contribution in [2.75, 3.05) is 13.2 Å². The van der Waals surface area contributed by atoms with Crippen molar-refractivity contribution in [1.29, 1.82) is 0 Å². The van der Waals surface area contributed by atoms with Crippen molar-refractivity contribution >= 4 is 28.5 Å². The summed E-state index contributed by atoms with van der Waals surface area (Å²) in [5, 5.41) is 9.92. The molecule has 3 heterocycles. The molecule has 1 N–H and O–H groups in total. The summed E-state index contributed by atoms with van der Waals surface area (Å²) in [6.07, 6.45) is 2.00. The zero-order chi connectivity index (χ0) is 18.3.